The van der Waals surface area contributed by atoms with Gasteiger partial charge in [-0.2, -0.15) is 0 Å². The highest BCUT2D eigenvalue weighted by molar-refractivity contribution is 5.94. The van der Waals surface area contributed by atoms with Crippen LogP contribution in [0.1, 0.15) is 42.6 Å². The molecule has 0 aromatic heterocycles. The number of nitrogens with one attached hydrogen (secondary N) is 1. The van der Waals surface area contributed by atoms with E-state index >= 15 is 0 Å². The summed E-state index contributed by atoms with van der Waals surface area (Å²) in [6, 6.07) is 15.1. The van der Waals surface area contributed by atoms with Crippen molar-refractivity contribution < 1.29 is 19.1 Å². The first-order valence-electron chi connectivity index (χ1n) is 10.6. The van der Waals surface area contributed by atoms with E-state index in [1.807, 2.05) is 48.2 Å². The lowest BCUT2D eigenvalue weighted by Crippen LogP contribution is -2.47. The maximum Gasteiger partial charge on any atom is 0.258 e. The molecule has 160 valence electrons. The number of hydrogen-bond donors (Lipinski definition) is 1. The maximum atomic E-state index is 12.7. The van der Waals surface area contributed by atoms with Gasteiger partial charge in [0.25, 0.3) is 11.8 Å². The monoisotopic (exact) mass is 410 g/mol. The standard InChI is InChI=1S/C24H30N2O4/c1-3-18-5-9-22(10-6-18)30-17-23(27)25-20-13-15-26(16-14-20)24(28)19-7-11-21(12-8-19)29-4-2/h5-12,20H,3-4,13-17H2,1-2H3,(H,25,27). The molecule has 0 atom stereocenters. The SMILES string of the molecule is CCOc1ccc(C(=O)N2CCC(NC(=O)COc3ccc(CC)cc3)CC2)cc1. The predicted molar refractivity (Wildman–Crippen MR) is 116 cm³/mol. The maximum absolute atomic E-state index is 12.7. The van der Waals surface area contributed by atoms with E-state index in [4.69, 9.17) is 9.47 Å². The Kier molecular flexibility index (Phi) is 7.71. The summed E-state index contributed by atoms with van der Waals surface area (Å²) in [6.07, 6.45) is 2.44. The van der Waals surface area contributed by atoms with Gasteiger partial charge < -0.3 is 19.7 Å². The molecule has 1 aliphatic heterocycles. The average molecular weight is 411 g/mol. The fraction of sp³-hybridized carbons (Fsp3) is 0.417. The van der Waals surface area contributed by atoms with Crippen molar-refractivity contribution in [3.05, 3.63) is 59.7 Å². The van der Waals surface area contributed by atoms with Crippen molar-refractivity contribution in [1.82, 2.24) is 10.2 Å². The molecule has 1 aliphatic rings. The van der Waals surface area contributed by atoms with Crippen LogP contribution in [0, 0.1) is 0 Å². The van der Waals surface area contributed by atoms with Crippen molar-refractivity contribution in [2.24, 2.45) is 0 Å². The van der Waals surface area contributed by atoms with Crippen LogP contribution in [0.2, 0.25) is 0 Å². The summed E-state index contributed by atoms with van der Waals surface area (Å²) >= 11 is 0. The zero-order chi connectivity index (χ0) is 21.3. The van der Waals surface area contributed by atoms with Gasteiger partial charge in [0.15, 0.2) is 6.61 Å². The van der Waals surface area contributed by atoms with Crippen molar-refractivity contribution in [3.63, 3.8) is 0 Å². The molecule has 2 amide bonds. The molecule has 6 heteroatoms. The summed E-state index contributed by atoms with van der Waals surface area (Å²) in [4.78, 5) is 26.7. The third-order valence-electron chi connectivity index (χ3n) is 5.26. The number of aryl methyl sites for hydroxylation is 1. The number of amides is 2. The van der Waals surface area contributed by atoms with Gasteiger partial charge in [0.1, 0.15) is 11.5 Å². The molecule has 1 fully saturated rings. The number of nitrogens with zero attached hydrogens (tertiary/aromatic N) is 1. The van der Waals surface area contributed by atoms with Crippen LogP contribution in [-0.4, -0.2) is 49.1 Å². The molecule has 1 N–H and O–H groups in total. The molecule has 0 spiro atoms. The first kappa shape index (κ1) is 21.7. The lowest BCUT2D eigenvalue weighted by Gasteiger charge is -2.32. The number of carbonyl (C=O) groups excluding carboxylic acids is 2. The number of hydrogen-bond acceptors (Lipinski definition) is 4. The van der Waals surface area contributed by atoms with E-state index in [0.717, 1.165) is 25.0 Å². The fourth-order valence-electron chi connectivity index (χ4n) is 3.51. The van der Waals surface area contributed by atoms with Crippen LogP contribution < -0.4 is 14.8 Å². The highest BCUT2D eigenvalue weighted by atomic mass is 16.5. The molecule has 0 unspecified atom stereocenters. The Morgan fingerprint density at radius 1 is 0.933 bits per heavy atom. The van der Waals surface area contributed by atoms with Crippen LogP contribution in [0.15, 0.2) is 48.5 Å². The molecule has 6 nitrogen and oxygen atoms in total. The molecule has 3 rings (SSSR count). The Labute approximate surface area is 178 Å². The topological polar surface area (TPSA) is 67.9 Å². The van der Waals surface area contributed by atoms with Crippen molar-refractivity contribution in [2.75, 3.05) is 26.3 Å². The summed E-state index contributed by atoms with van der Waals surface area (Å²) < 4.78 is 11.0. The van der Waals surface area contributed by atoms with E-state index in [2.05, 4.69) is 12.2 Å². The van der Waals surface area contributed by atoms with Gasteiger partial charge in [-0.3, -0.25) is 9.59 Å². The highest BCUT2D eigenvalue weighted by Gasteiger charge is 2.24. The van der Waals surface area contributed by atoms with Crippen molar-refractivity contribution >= 4 is 11.8 Å². The van der Waals surface area contributed by atoms with E-state index in [0.29, 0.717) is 31.0 Å². The number of likely N-dealkylation sites (tertiary alicyclic amines) is 1. The summed E-state index contributed by atoms with van der Waals surface area (Å²) in [6.45, 7) is 5.87. The van der Waals surface area contributed by atoms with Gasteiger partial charge in [-0.05, 0) is 68.1 Å². The third-order valence-corrected chi connectivity index (χ3v) is 5.26. The minimum Gasteiger partial charge on any atom is -0.494 e. The predicted octanol–water partition coefficient (Wildman–Crippen LogP) is 3.45. The first-order chi connectivity index (χ1) is 14.6. The molecule has 0 saturated carbocycles. The number of ether oxygens (including phenoxy) is 2. The summed E-state index contributed by atoms with van der Waals surface area (Å²) in [5.74, 6) is 1.34. The third kappa shape index (κ3) is 5.99. The van der Waals surface area contributed by atoms with Crippen LogP contribution >= 0.6 is 0 Å². The first-order valence-corrected chi connectivity index (χ1v) is 10.6. The lowest BCUT2D eigenvalue weighted by molar-refractivity contribution is -0.124. The van der Waals surface area contributed by atoms with Gasteiger partial charge in [0.05, 0.1) is 6.61 Å². The molecule has 0 bridgehead atoms. The fourth-order valence-corrected chi connectivity index (χ4v) is 3.51. The van der Waals surface area contributed by atoms with Crippen LogP contribution in [0.3, 0.4) is 0 Å². The highest BCUT2D eigenvalue weighted by Crippen LogP contribution is 2.17. The second-order valence-corrected chi connectivity index (χ2v) is 7.38. The molecular weight excluding hydrogens is 380 g/mol. The quantitative estimate of drug-likeness (QED) is 0.724. The second kappa shape index (κ2) is 10.7. The molecule has 1 heterocycles. The van der Waals surface area contributed by atoms with E-state index in [-0.39, 0.29) is 24.5 Å². The van der Waals surface area contributed by atoms with Crippen LogP contribution in [0.25, 0.3) is 0 Å². The zero-order valence-corrected chi connectivity index (χ0v) is 17.7. The number of benzene rings is 2. The smallest absolute Gasteiger partial charge is 0.258 e. The van der Waals surface area contributed by atoms with Gasteiger partial charge in [0, 0.05) is 24.7 Å². The Morgan fingerprint density at radius 3 is 2.13 bits per heavy atom. The molecule has 0 aliphatic carbocycles. The van der Waals surface area contributed by atoms with Crippen LogP contribution in [-0.2, 0) is 11.2 Å². The molecule has 2 aromatic rings. The Bertz CT molecular complexity index is 825. The summed E-state index contributed by atoms with van der Waals surface area (Å²) in [5, 5.41) is 3.01. The summed E-state index contributed by atoms with van der Waals surface area (Å²) in [5.41, 5.74) is 1.89. The minimum atomic E-state index is -0.133. The zero-order valence-electron chi connectivity index (χ0n) is 17.7. The molecule has 2 aromatic carbocycles. The van der Waals surface area contributed by atoms with Gasteiger partial charge >= 0.3 is 0 Å². The second-order valence-electron chi connectivity index (χ2n) is 7.38. The Balaban J connectivity index is 1.41. The van der Waals surface area contributed by atoms with E-state index in [9.17, 15) is 9.59 Å². The van der Waals surface area contributed by atoms with Gasteiger partial charge in [0.2, 0.25) is 0 Å². The summed E-state index contributed by atoms with van der Waals surface area (Å²) in [7, 11) is 0. The Hall–Kier alpha value is -3.02. The molecule has 1 saturated heterocycles. The normalized spacial score (nSPS) is 14.3. The van der Waals surface area contributed by atoms with E-state index < -0.39 is 0 Å². The largest absolute Gasteiger partial charge is 0.494 e. The van der Waals surface area contributed by atoms with E-state index in [1.54, 1.807) is 12.1 Å². The van der Waals surface area contributed by atoms with Gasteiger partial charge in [-0.1, -0.05) is 19.1 Å². The van der Waals surface area contributed by atoms with Crippen molar-refractivity contribution in [1.29, 1.82) is 0 Å². The number of carbonyl (C=O) groups is 2. The van der Waals surface area contributed by atoms with Gasteiger partial charge in [-0.15, -0.1) is 0 Å². The van der Waals surface area contributed by atoms with Crippen molar-refractivity contribution in [2.45, 2.75) is 39.2 Å². The molecule has 30 heavy (non-hydrogen) atoms. The lowest BCUT2D eigenvalue weighted by atomic mass is 10.0. The van der Waals surface area contributed by atoms with Crippen LogP contribution in [0.4, 0.5) is 0 Å². The number of rotatable bonds is 8. The molecular formula is C24H30N2O4. The minimum absolute atomic E-state index is 0.00318. The average Bonchev–Trinajstić information content (AvgIpc) is 2.79. The van der Waals surface area contributed by atoms with E-state index in [1.165, 1.54) is 5.56 Å². The Morgan fingerprint density at radius 2 is 1.53 bits per heavy atom. The molecule has 0 radical (unpaired) electrons. The number of piperidine rings is 1. The van der Waals surface area contributed by atoms with Crippen molar-refractivity contribution in [3.8, 4) is 11.5 Å². The van der Waals surface area contributed by atoms with Gasteiger partial charge in [-0.25, -0.2) is 0 Å². The van der Waals surface area contributed by atoms with Crippen LogP contribution in [0.5, 0.6) is 11.5 Å².